The number of aryl methyl sites for hydroxylation is 1. The molecule has 1 rings (SSSR count). The van der Waals surface area contributed by atoms with Crippen molar-refractivity contribution in [2.45, 2.75) is 33.7 Å². The van der Waals surface area contributed by atoms with Gasteiger partial charge in [0.15, 0.2) is 5.96 Å². The van der Waals surface area contributed by atoms with Crippen LogP contribution in [0.3, 0.4) is 0 Å². The molecular formula is C17H30N4. The first-order valence-electron chi connectivity index (χ1n) is 7.92. The monoisotopic (exact) mass is 290 g/mol. The van der Waals surface area contributed by atoms with Gasteiger partial charge in [-0.15, -0.1) is 0 Å². The molecule has 0 radical (unpaired) electrons. The standard InChI is InChI=1S/C17H30N4/c1-5-11-21(6-2)12-10-19-17(18-4)20-14-16-9-7-8-15(3)13-16/h7-9,13H,5-6,10-12,14H2,1-4H3,(H2,18,19,20). The third-order valence-electron chi connectivity index (χ3n) is 3.47. The van der Waals surface area contributed by atoms with E-state index in [-0.39, 0.29) is 0 Å². The summed E-state index contributed by atoms with van der Waals surface area (Å²) in [7, 11) is 1.81. The summed E-state index contributed by atoms with van der Waals surface area (Å²) in [5.74, 6) is 0.865. The lowest BCUT2D eigenvalue weighted by molar-refractivity contribution is 0.293. The highest BCUT2D eigenvalue weighted by Gasteiger charge is 2.02. The highest BCUT2D eigenvalue weighted by Crippen LogP contribution is 2.02. The Bertz CT molecular complexity index is 429. The minimum absolute atomic E-state index is 0.799. The van der Waals surface area contributed by atoms with E-state index in [4.69, 9.17) is 0 Å². The van der Waals surface area contributed by atoms with Crippen LogP contribution in [0.1, 0.15) is 31.4 Å². The summed E-state index contributed by atoms with van der Waals surface area (Å²) in [5.41, 5.74) is 2.56. The second-order valence-electron chi connectivity index (χ2n) is 5.28. The van der Waals surface area contributed by atoms with Crippen molar-refractivity contribution in [3.8, 4) is 0 Å². The summed E-state index contributed by atoms with van der Waals surface area (Å²) in [6, 6.07) is 8.53. The maximum absolute atomic E-state index is 4.27. The summed E-state index contributed by atoms with van der Waals surface area (Å²) in [6.45, 7) is 11.6. The number of aliphatic imine (C=N–C) groups is 1. The van der Waals surface area contributed by atoms with Crippen LogP contribution in [0.5, 0.6) is 0 Å². The quantitative estimate of drug-likeness (QED) is 0.570. The van der Waals surface area contributed by atoms with E-state index >= 15 is 0 Å². The lowest BCUT2D eigenvalue weighted by Gasteiger charge is -2.20. The molecule has 0 aromatic heterocycles. The topological polar surface area (TPSA) is 39.7 Å². The molecule has 1 aromatic rings. The first-order valence-corrected chi connectivity index (χ1v) is 7.92. The van der Waals surface area contributed by atoms with Crippen molar-refractivity contribution in [1.82, 2.24) is 15.5 Å². The SMILES string of the molecule is CCCN(CC)CCNC(=NC)NCc1cccc(C)c1. The molecule has 0 aliphatic heterocycles. The maximum atomic E-state index is 4.27. The predicted molar refractivity (Wildman–Crippen MR) is 91.8 cm³/mol. The molecule has 0 fully saturated rings. The number of guanidine groups is 1. The number of rotatable bonds is 8. The van der Waals surface area contributed by atoms with Gasteiger partial charge < -0.3 is 15.5 Å². The van der Waals surface area contributed by atoms with Gasteiger partial charge in [0.25, 0.3) is 0 Å². The van der Waals surface area contributed by atoms with Crippen molar-refractivity contribution in [3.05, 3.63) is 35.4 Å². The number of nitrogens with zero attached hydrogens (tertiary/aromatic N) is 2. The number of benzene rings is 1. The van der Waals surface area contributed by atoms with Crippen LogP contribution in [0, 0.1) is 6.92 Å². The Morgan fingerprint density at radius 1 is 1.19 bits per heavy atom. The summed E-state index contributed by atoms with van der Waals surface area (Å²) in [4.78, 5) is 6.72. The van der Waals surface area contributed by atoms with Crippen molar-refractivity contribution >= 4 is 5.96 Å². The highest BCUT2D eigenvalue weighted by molar-refractivity contribution is 5.79. The third-order valence-corrected chi connectivity index (χ3v) is 3.47. The summed E-state index contributed by atoms with van der Waals surface area (Å²) < 4.78 is 0. The predicted octanol–water partition coefficient (Wildman–Crippen LogP) is 2.39. The molecule has 0 bridgehead atoms. The fraction of sp³-hybridized carbons (Fsp3) is 0.588. The van der Waals surface area contributed by atoms with Crippen LogP contribution in [0.15, 0.2) is 29.3 Å². The average molecular weight is 290 g/mol. The van der Waals surface area contributed by atoms with E-state index in [9.17, 15) is 0 Å². The van der Waals surface area contributed by atoms with Gasteiger partial charge in [0, 0.05) is 26.7 Å². The largest absolute Gasteiger partial charge is 0.355 e. The Hall–Kier alpha value is -1.55. The molecule has 0 spiro atoms. The normalized spacial score (nSPS) is 11.8. The van der Waals surface area contributed by atoms with Gasteiger partial charge in [0.2, 0.25) is 0 Å². The lowest BCUT2D eigenvalue weighted by atomic mass is 10.1. The maximum Gasteiger partial charge on any atom is 0.191 e. The number of hydrogen-bond acceptors (Lipinski definition) is 2. The minimum atomic E-state index is 0.799. The molecule has 1 aromatic carbocycles. The number of nitrogens with one attached hydrogen (secondary N) is 2. The molecule has 21 heavy (non-hydrogen) atoms. The van der Waals surface area contributed by atoms with Crippen LogP contribution in [-0.4, -0.2) is 44.1 Å². The lowest BCUT2D eigenvalue weighted by Crippen LogP contribution is -2.41. The molecule has 118 valence electrons. The van der Waals surface area contributed by atoms with E-state index in [0.717, 1.165) is 38.7 Å². The van der Waals surface area contributed by atoms with Crippen molar-refractivity contribution in [3.63, 3.8) is 0 Å². The molecule has 0 saturated carbocycles. The Labute approximate surface area is 129 Å². The van der Waals surface area contributed by atoms with Gasteiger partial charge in [-0.1, -0.05) is 43.7 Å². The fourth-order valence-corrected chi connectivity index (χ4v) is 2.31. The van der Waals surface area contributed by atoms with E-state index in [0.29, 0.717) is 0 Å². The fourth-order valence-electron chi connectivity index (χ4n) is 2.31. The van der Waals surface area contributed by atoms with E-state index in [1.807, 2.05) is 7.05 Å². The Morgan fingerprint density at radius 2 is 2.00 bits per heavy atom. The smallest absolute Gasteiger partial charge is 0.191 e. The Kier molecular flexibility index (Phi) is 8.51. The van der Waals surface area contributed by atoms with E-state index in [1.165, 1.54) is 17.5 Å². The van der Waals surface area contributed by atoms with E-state index in [1.54, 1.807) is 0 Å². The van der Waals surface area contributed by atoms with Crippen molar-refractivity contribution in [2.75, 3.05) is 33.2 Å². The van der Waals surface area contributed by atoms with Crippen LogP contribution >= 0.6 is 0 Å². The molecule has 0 aliphatic carbocycles. The van der Waals surface area contributed by atoms with Gasteiger partial charge in [-0.2, -0.15) is 0 Å². The van der Waals surface area contributed by atoms with Crippen LogP contribution in [0.4, 0.5) is 0 Å². The van der Waals surface area contributed by atoms with Crippen LogP contribution < -0.4 is 10.6 Å². The van der Waals surface area contributed by atoms with Crippen LogP contribution in [0.25, 0.3) is 0 Å². The second-order valence-corrected chi connectivity index (χ2v) is 5.28. The molecule has 0 saturated heterocycles. The molecule has 0 unspecified atom stereocenters. The van der Waals surface area contributed by atoms with Crippen molar-refractivity contribution in [1.29, 1.82) is 0 Å². The zero-order chi connectivity index (χ0) is 15.5. The number of likely N-dealkylation sites (N-methyl/N-ethyl adjacent to an activating group) is 1. The van der Waals surface area contributed by atoms with Crippen LogP contribution in [0.2, 0.25) is 0 Å². The summed E-state index contributed by atoms with van der Waals surface area (Å²) >= 11 is 0. The molecule has 4 heteroatoms. The van der Waals surface area contributed by atoms with Crippen molar-refractivity contribution in [2.24, 2.45) is 4.99 Å². The zero-order valence-corrected chi connectivity index (χ0v) is 13.9. The Balaban J connectivity index is 2.32. The summed E-state index contributed by atoms with van der Waals surface area (Å²) in [6.07, 6.45) is 1.20. The van der Waals surface area contributed by atoms with E-state index < -0.39 is 0 Å². The number of hydrogen-bond donors (Lipinski definition) is 2. The van der Waals surface area contributed by atoms with Gasteiger partial charge >= 0.3 is 0 Å². The summed E-state index contributed by atoms with van der Waals surface area (Å²) in [5, 5.41) is 6.73. The molecule has 0 heterocycles. The van der Waals surface area contributed by atoms with Gasteiger partial charge in [-0.25, -0.2) is 0 Å². The molecule has 0 atom stereocenters. The highest BCUT2D eigenvalue weighted by atomic mass is 15.2. The first-order chi connectivity index (χ1) is 10.2. The zero-order valence-electron chi connectivity index (χ0n) is 13.9. The molecule has 0 aliphatic rings. The minimum Gasteiger partial charge on any atom is -0.355 e. The first kappa shape index (κ1) is 17.5. The molecule has 4 nitrogen and oxygen atoms in total. The molecule has 2 N–H and O–H groups in total. The molecular weight excluding hydrogens is 260 g/mol. The van der Waals surface area contributed by atoms with Gasteiger partial charge in [-0.05, 0) is 32.0 Å². The van der Waals surface area contributed by atoms with Gasteiger partial charge in [-0.3, -0.25) is 4.99 Å². The van der Waals surface area contributed by atoms with Crippen LogP contribution in [-0.2, 0) is 6.54 Å². The van der Waals surface area contributed by atoms with Crippen molar-refractivity contribution < 1.29 is 0 Å². The van der Waals surface area contributed by atoms with Gasteiger partial charge in [0.05, 0.1) is 0 Å². The van der Waals surface area contributed by atoms with Gasteiger partial charge in [0.1, 0.15) is 0 Å². The average Bonchev–Trinajstić information content (AvgIpc) is 2.49. The Morgan fingerprint density at radius 3 is 2.62 bits per heavy atom. The molecule has 0 amide bonds. The second kappa shape index (κ2) is 10.2. The third kappa shape index (κ3) is 7.14. The van der Waals surface area contributed by atoms with E-state index in [2.05, 4.69) is 65.6 Å².